The summed E-state index contributed by atoms with van der Waals surface area (Å²) in [6.07, 6.45) is 4.46. The van der Waals surface area contributed by atoms with Crippen molar-refractivity contribution in [2.45, 2.75) is 26.7 Å². The van der Waals surface area contributed by atoms with Crippen LogP contribution in [0, 0.1) is 11.3 Å². The molecule has 1 atom stereocenters. The van der Waals surface area contributed by atoms with Gasteiger partial charge in [0.1, 0.15) is 0 Å². The first-order valence-corrected chi connectivity index (χ1v) is 6.30. The predicted octanol–water partition coefficient (Wildman–Crippen LogP) is 2.66. The topological polar surface area (TPSA) is 38.0 Å². The fourth-order valence-corrected chi connectivity index (χ4v) is 2.68. The molecule has 2 heteroatoms. The first kappa shape index (κ1) is 12.0. The van der Waals surface area contributed by atoms with E-state index in [1.165, 1.54) is 12.0 Å². The fraction of sp³-hybridized carbons (Fsp3) is 0.467. The normalized spacial score (nSPS) is 19.9. The van der Waals surface area contributed by atoms with Gasteiger partial charge in [0.15, 0.2) is 0 Å². The highest BCUT2D eigenvalue weighted by Gasteiger charge is 2.25. The molecule has 3 N–H and O–H groups in total. The molecule has 1 aromatic carbocycles. The SMILES string of the molecule is CC(C)(Cc1ccccc1)CC1C=C(N)NC1. The second-order valence-corrected chi connectivity index (χ2v) is 5.79. The van der Waals surface area contributed by atoms with Crippen LogP contribution < -0.4 is 11.1 Å². The molecule has 2 rings (SSSR count). The highest BCUT2D eigenvalue weighted by molar-refractivity contribution is 5.16. The standard InChI is InChI=1S/C15H22N2/c1-15(2,9-12-6-4-3-5-7-12)10-13-8-14(16)17-11-13/h3-8,13,17H,9-11,16H2,1-2H3. The zero-order valence-corrected chi connectivity index (χ0v) is 10.7. The summed E-state index contributed by atoms with van der Waals surface area (Å²) in [5.41, 5.74) is 7.48. The van der Waals surface area contributed by atoms with Crippen LogP contribution in [0.3, 0.4) is 0 Å². The molecule has 0 bridgehead atoms. The zero-order valence-electron chi connectivity index (χ0n) is 10.7. The molecule has 0 aromatic heterocycles. The molecule has 0 amide bonds. The highest BCUT2D eigenvalue weighted by Crippen LogP contribution is 2.31. The average Bonchev–Trinajstić information content (AvgIpc) is 2.63. The summed E-state index contributed by atoms with van der Waals surface area (Å²) in [7, 11) is 0. The minimum absolute atomic E-state index is 0.314. The van der Waals surface area contributed by atoms with E-state index < -0.39 is 0 Å². The number of nitrogens with one attached hydrogen (secondary N) is 1. The van der Waals surface area contributed by atoms with Crippen LogP contribution in [-0.4, -0.2) is 6.54 Å². The Bertz CT molecular complexity index is 393. The Morgan fingerprint density at radius 3 is 2.59 bits per heavy atom. The molecule has 1 aliphatic rings. The van der Waals surface area contributed by atoms with Crippen LogP contribution >= 0.6 is 0 Å². The third-order valence-corrected chi connectivity index (χ3v) is 3.32. The Balaban J connectivity index is 1.95. The lowest BCUT2D eigenvalue weighted by molar-refractivity contribution is 0.293. The van der Waals surface area contributed by atoms with Gasteiger partial charge in [-0.2, -0.15) is 0 Å². The Labute approximate surface area is 104 Å². The van der Waals surface area contributed by atoms with Crippen molar-refractivity contribution < 1.29 is 0 Å². The lowest BCUT2D eigenvalue weighted by atomic mass is 9.78. The summed E-state index contributed by atoms with van der Waals surface area (Å²) in [4.78, 5) is 0. The maximum atomic E-state index is 5.75. The third kappa shape index (κ3) is 3.52. The van der Waals surface area contributed by atoms with Crippen LogP contribution in [0.5, 0.6) is 0 Å². The molecule has 0 radical (unpaired) electrons. The molecule has 1 aromatic rings. The lowest BCUT2D eigenvalue weighted by Crippen LogP contribution is -2.22. The average molecular weight is 230 g/mol. The summed E-state index contributed by atoms with van der Waals surface area (Å²) in [6.45, 7) is 5.66. The summed E-state index contributed by atoms with van der Waals surface area (Å²) >= 11 is 0. The largest absolute Gasteiger partial charge is 0.386 e. The molecule has 1 aliphatic heterocycles. The monoisotopic (exact) mass is 230 g/mol. The second kappa shape index (κ2) is 4.82. The van der Waals surface area contributed by atoms with Gasteiger partial charge in [-0.15, -0.1) is 0 Å². The molecular weight excluding hydrogens is 208 g/mol. The van der Waals surface area contributed by atoms with Crippen molar-refractivity contribution in [3.05, 3.63) is 47.8 Å². The molecule has 0 saturated carbocycles. The van der Waals surface area contributed by atoms with E-state index in [1.54, 1.807) is 0 Å². The van der Waals surface area contributed by atoms with Gasteiger partial charge in [0.25, 0.3) is 0 Å². The van der Waals surface area contributed by atoms with Gasteiger partial charge in [-0.1, -0.05) is 44.2 Å². The number of benzene rings is 1. The minimum Gasteiger partial charge on any atom is -0.386 e. The minimum atomic E-state index is 0.314. The lowest BCUT2D eigenvalue weighted by Gasteiger charge is -2.27. The van der Waals surface area contributed by atoms with Gasteiger partial charge >= 0.3 is 0 Å². The van der Waals surface area contributed by atoms with Crippen molar-refractivity contribution in [3.8, 4) is 0 Å². The molecule has 0 saturated heterocycles. The Morgan fingerprint density at radius 1 is 1.29 bits per heavy atom. The van der Waals surface area contributed by atoms with Gasteiger partial charge < -0.3 is 11.1 Å². The summed E-state index contributed by atoms with van der Waals surface area (Å²) in [6, 6.07) is 10.7. The maximum Gasteiger partial charge on any atom is 0.0922 e. The number of hydrogen-bond acceptors (Lipinski definition) is 2. The maximum absolute atomic E-state index is 5.75. The summed E-state index contributed by atoms with van der Waals surface area (Å²) in [5, 5.41) is 3.19. The van der Waals surface area contributed by atoms with E-state index in [-0.39, 0.29) is 0 Å². The van der Waals surface area contributed by atoms with E-state index in [1.807, 2.05) is 0 Å². The van der Waals surface area contributed by atoms with Gasteiger partial charge in [0.2, 0.25) is 0 Å². The molecule has 92 valence electrons. The molecule has 1 heterocycles. The van der Waals surface area contributed by atoms with Crippen LogP contribution in [0.25, 0.3) is 0 Å². The number of nitrogens with two attached hydrogens (primary N) is 1. The van der Waals surface area contributed by atoms with Crippen LogP contribution in [0.4, 0.5) is 0 Å². The third-order valence-electron chi connectivity index (χ3n) is 3.32. The van der Waals surface area contributed by atoms with Crippen LogP contribution in [0.15, 0.2) is 42.2 Å². The van der Waals surface area contributed by atoms with E-state index in [4.69, 9.17) is 5.73 Å². The Hall–Kier alpha value is -1.44. The summed E-state index contributed by atoms with van der Waals surface area (Å²) < 4.78 is 0. The summed E-state index contributed by atoms with van der Waals surface area (Å²) in [5.74, 6) is 1.42. The van der Waals surface area contributed by atoms with Crippen molar-refractivity contribution in [2.24, 2.45) is 17.1 Å². The van der Waals surface area contributed by atoms with Crippen molar-refractivity contribution >= 4 is 0 Å². The van der Waals surface area contributed by atoms with Crippen molar-refractivity contribution in [1.29, 1.82) is 0 Å². The predicted molar refractivity (Wildman–Crippen MR) is 72.3 cm³/mol. The first-order chi connectivity index (χ1) is 8.05. The van der Waals surface area contributed by atoms with E-state index in [9.17, 15) is 0 Å². The van der Waals surface area contributed by atoms with Crippen LogP contribution in [0.2, 0.25) is 0 Å². The Kier molecular flexibility index (Phi) is 3.41. The van der Waals surface area contributed by atoms with Crippen LogP contribution in [-0.2, 0) is 6.42 Å². The number of rotatable bonds is 4. The van der Waals surface area contributed by atoms with E-state index in [2.05, 4.69) is 55.6 Å². The highest BCUT2D eigenvalue weighted by atomic mass is 15.0. The van der Waals surface area contributed by atoms with Crippen molar-refractivity contribution in [2.75, 3.05) is 6.54 Å². The van der Waals surface area contributed by atoms with Crippen molar-refractivity contribution in [1.82, 2.24) is 5.32 Å². The van der Waals surface area contributed by atoms with Crippen LogP contribution in [0.1, 0.15) is 25.8 Å². The Morgan fingerprint density at radius 2 is 2.00 bits per heavy atom. The van der Waals surface area contributed by atoms with Gasteiger partial charge in [-0.3, -0.25) is 0 Å². The zero-order chi connectivity index (χ0) is 12.3. The molecule has 0 aliphatic carbocycles. The molecule has 0 fully saturated rings. The van der Waals surface area contributed by atoms with Gasteiger partial charge in [-0.05, 0) is 35.8 Å². The fourth-order valence-electron chi connectivity index (χ4n) is 2.68. The quantitative estimate of drug-likeness (QED) is 0.834. The van der Waals surface area contributed by atoms with Gasteiger partial charge in [0, 0.05) is 6.54 Å². The smallest absolute Gasteiger partial charge is 0.0922 e. The molecule has 2 nitrogen and oxygen atoms in total. The first-order valence-electron chi connectivity index (χ1n) is 6.30. The van der Waals surface area contributed by atoms with Gasteiger partial charge in [-0.25, -0.2) is 0 Å². The number of hydrogen-bond donors (Lipinski definition) is 2. The molecule has 1 unspecified atom stereocenters. The molecular formula is C15H22N2. The van der Waals surface area contributed by atoms with Crippen molar-refractivity contribution in [3.63, 3.8) is 0 Å². The van der Waals surface area contributed by atoms with E-state index in [0.29, 0.717) is 11.3 Å². The second-order valence-electron chi connectivity index (χ2n) is 5.79. The molecule has 17 heavy (non-hydrogen) atoms. The van der Waals surface area contributed by atoms with E-state index >= 15 is 0 Å². The van der Waals surface area contributed by atoms with Gasteiger partial charge in [0.05, 0.1) is 5.82 Å². The molecule has 0 spiro atoms. The van der Waals surface area contributed by atoms with E-state index in [0.717, 1.165) is 18.8 Å².